The van der Waals surface area contributed by atoms with Crippen LogP contribution in [0.5, 0.6) is 0 Å². The third kappa shape index (κ3) is 3.37. The molecule has 1 heterocycles. The molecule has 0 aliphatic rings. The summed E-state index contributed by atoms with van der Waals surface area (Å²) >= 11 is 5.81. The number of nitrogens with zero attached hydrogens (tertiary/aromatic N) is 2. The molecule has 0 aliphatic carbocycles. The van der Waals surface area contributed by atoms with Gasteiger partial charge in [0.15, 0.2) is 5.82 Å². The molecule has 0 saturated carbocycles. The normalized spacial score (nSPS) is 13.9. The first-order valence-electron chi connectivity index (χ1n) is 7.14. The maximum Gasteiger partial charge on any atom is 0.153 e. The summed E-state index contributed by atoms with van der Waals surface area (Å²) in [5, 5.41) is 0. The number of hydrogen-bond donors (Lipinski definition) is 0. The number of alkyl halides is 1. The van der Waals surface area contributed by atoms with Crippen LogP contribution in [-0.2, 0) is 13.0 Å². The molecule has 0 radical (unpaired) electrons. The molecule has 0 saturated heterocycles. The molecule has 2 rings (SSSR count). The summed E-state index contributed by atoms with van der Waals surface area (Å²) in [6.45, 7) is 9.25. The number of rotatable bonds is 4. The van der Waals surface area contributed by atoms with E-state index in [9.17, 15) is 8.78 Å². The van der Waals surface area contributed by atoms with E-state index < -0.39 is 11.6 Å². The van der Waals surface area contributed by atoms with Crippen LogP contribution in [0.15, 0.2) is 12.1 Å². The summed E-state index contributed by atoms with van der Waals surface area (Å²) in [5.41, 5.74) is 0.821. The molecule has 2 aromatic rings. The Balaban J connectivity index is 2.55. The Bertz CT molecular complexity index is 644. The highest BCUT2D eigenvalue weighted by Gasteiger charge is 2.23. The van der Waals surface area contributed by atoms with Gasteiger partial charge in [-0.1, -0.05) is 27.7 Å². The number of hydrogen-bond acceptors (Lipinski definition) is 1. The van der Waals surface area contributed by atoms with Gasteiger partial charge in [0.1, 0.15) is 17.2 Å². The molecular formula is C16H21ClF2N2. The fourth-order valence-corrected chi connectivity index (χ4v) is 2.39. The highest BCUT2D eigenvalue weighted by molar-refractivity contribution is 6.17. The first-order chi connectivity index (χ1) is 9.74. The third-order valence-electron chi connectivity index (χ3n) is 4.10. The zero-order chi connectivity index (χ0) is 15.8. The summed E-state index contributed by atoms with van der Waals surface area (Å²) in [5.74, 6) is 0.234. The van der Waals surface area contributed by atoms with Crippen molar-refractivity contribution in [2.24, 2.45) is 11.3 Å². The second kappa shape index (κ2) is 5.91. The van der Waals surface area contributed by atoms with E-state index >= 15 is 0 Å². The Labute approximate surface area is 129 Å². The number of imidazole rings is 1. The minimum absolute atomic E-state index is 0.0979. The summed E-state index contributed by atoms with van der Waals surface area (Å²) in [7, 11) is 0. The molecule has 0 bridgehead atoms. The third-order valence-corrected chi connectivity index (χ3v) is 4.29. The molecule has 1 atom stereocenters. The summed E-state index contributed by atoms with van der Waals surface area (Å²) in [6.07, 6.45) is 0.536. The molecule has 2 nitrogen and oxygen atoms in total. The minimum Gasteiger partial charge on any atom is -0.327 e. The topological polar surface area (TPSA) is 17.8 Å². The highest BCUT2D eigenvalue weighted by atomic mass is 35.5. The van der Waals surface area contributed by atoms with Gasteiger partial charge in [0, 0.05) is 24.9 Å². The number of aromatic nitrogens is 2. The van der Waals surface area contributed by atoms with Crippen LogP contribution in [-0.4, -0.2) is 15.4 Å². The fourth-order valence-electron chi connectivity index (χ4n) is 2.22. The predicted octanol–water partition coefficient (Wildman–Crippen LogP) is 4.78. The smallest absolute Gasteiger partial charge is 0.153 e. The first kappa shape index (κ1) is 16.2. The molecule has 0 aliphatic heterocycles. The zero-order valence-corrected chi connectivity index (χ0v) is 13.6. The van der Waals surface area contributed by atoms with Crippen molar-refractivity contribution in [2.45, 2.75) is 40.7 Å². The average molecular weight is 315 g/mol. The Morgan fingerprint density at radius 1 is 1.29 bits per heavy atom. The molecule has 1 unspecified atom stereocenters. The Kier molecular flexibility index (Phi) is 4.57. The van der Waals surface area contributed by atoms with E-state index in [1.54, 1.807) is 0 Å². The predicted molar refractivity (Wildman–Crippen MR) is 82.7 cm³/mol. The van der Waals surface area contributed by atoms with E-state index in [0.717, 1.165) is 6.07 Å². The molecule has 0 N–H and O–H groups in total. The summed E-state index contributed by atoms with van der Waals surface area (Å²) < 4.78 is 29.3. The van der Waals surface area contributed by atoms with Gasteiger partial charge in [-0.3, -0.25) is 0 Å². The number of fused-ring (bicyclic) bond motifs is 1. The molecule has 21 heavy (non-hydrogen) atoms. The average Bonchev–Trinajstić information content (AvgIpc) is 2.68. The van der Waals surface area contributed by atoms with Crippen LogP contribution in [0.3, 0.4) is 0 Å². The van der Waals surface area contributed by atoms with Gasteiger partial charge in [0.25, 0.3) is 0 Å². The molecule has 1 aromatic carbocycles. The molecule has 1 aromatic heterocycles. The standard InChI is InChI=1S/C16H21ClF2N2/c1-10(16(2,3)4)9-21-13-8-11(18)7-12(19)15(13)20-14(21)5-6-17/h7-8,10H,5-6,9H2,1-4H3. The maximum atomic E-state index is 13.9. The van der Waals surface area contributed by atoms with Gasteiger partial charge in [-0.15, -0.1) is 11.6 Å². The van der Waals surface area contributed by atoms with Crippen molar-refractivity contribution < 1.29 is 8.78 Å². The van der Waals surface area contributed by atoms with Crippen molar-refractivity contribution >= 4 is 22.6 Å². The van der Waals surface area contributed by atoms with Crippen LogP contribution in [0.4, 0.5) is 8.78 Å². The Hall–Kier alpha value is -1.16. The van der Waals surface area contributed by atoms with Crippen molar-refractivity contribution in [3.63, 3.8) is 0 Å². The van der Waals surface area contributed by atoms with E-state index in [-0.39, 0.29) is 10.9 Å². The lowest BCUT2D eigenvalue weighted by atomic mass is 9.82. The summed E-state index contributed by atoms with van der Waals surface area (Å²) in [6, 6.07) is 2.22. The molecule has 116 valence electrons. The van der Waals surface area contributed by atoms with Gasteiger partial charge in [-0.2, -0.15) is 0 Å². The van der Waals surface area contributed by atoms with Gasteiger partial charge >= 0.3 is 0 Å². The number of aryl methyl sites for hydroxylation is 1. The SMILES string of the molecule is CC(Cn1c(CCCl)nc2c(F)cc(F)cc21)C(C)(C)C. The van der Waals surface area contributed by atoms with E-state index in [0.29, 0.717) is 36.1 Å². The second-order valence-electron chi connectivity index (χ2n) is 6.60. The molecule has 5 heteroatoms. The Morgan fingerprint density at radius 2 is 1.95 bits per heavy atom. The number of halogens is 3. The number of benzene rings is 1. The summed E-state index contributed by atoms with van der Waals surface area (Å²) in [4.78, 5) is 4.32. The molecule has 0 amide bonds. The van der Waals surface area contributed by atoms with Crippen molar-refractivity contribution in [1.82, 2.24) is 9.55 Å². The lowest BCUT2D eigenvalue weighted by molar-refractivity contribution is 0.233. The maximum absolute atomic E-state index is 13.9. The fraction of sp³-hybridized carbons (Fsp3) is 0.562. The molecular weight excluding hydrogens is 294 g/mol. The van der Waals surface area contributed by atoms with Crippen LogP contribution >= 0.6 is 11.6 Å². The monoisotopic (exact) mass is 314 g/mol. The quantitative estimate of drug-likeness (QED) is 0.743. The van der Waals surface area contributed by atoms with Gasteiger partial charge in [0.2, 0.25) is 0 Å². The first-order valence-corrected chi connectivity index (χ1v) is 7.67. The van der Waals surface area contributed by atoms with Crippen LogP contribution in [0, 0.1) is 23.0 Å². The largest absolute Gasteiger partial charge is 0.327 e. The minimum atomic E-state index is -0.622. The van der Waals surface area contributed by atoms with Gasteiger partial charge in [-0.05, 0) is 17.4 Å². The molecule has 0 spiro atoms. The van der Waals surface area contributed by atoms with Crippen molar-refractivity contribution in [3.8, 4) is 0 Å². The second-order valence-corrected chi connectivity index (χ2v) is 6.98. The van der Waals surface area contributed by atoms with Gasteiger partial charge in [-0.25, -0.2) is 13.8 Å². The van der Waals surface area contributed by atoms with E-state index in [1.165, 1.54) is 6.07 Å². The van der Waals surface area contributed by atoms with E-state index in [1.807, 2.05) is 4.57 Å². The highest BCUT2D eigenvalue weighted by Crippen LogP contribution is 2.29. The van der Waals surface area contributed by atoms with Crippen molar-refractivity contribution in [1.29, 1.82) is 0 Å². The van der Waals surface area contributed by atoms with Crippen LogP contribution in [0.2, 0.25) is 0 Å². The zero-order valence-electron chi connectivity index (χ0n) is 12.9. The van der Waals surface area contributed by atoms with E-state index in [4.69, 9.17) is 11.6 Å². The Morgan fingerprint density at radius 3 is 2.52 bits per heavy atom. The van der Waals surface area contributed by atoms with Crippen LogP contribution in [0.1, 0.15) is 33.5 Å². The lowest BCUT2D eigenvalue weighted by Crippen LogP contribution is -2.23. The van der Waals surface area contributed by atoms with Crippen LogP contribution < -0.4 is 0 Å². The molecule has 0 fully saturated rings. The van der Waals surface area contributed by atoms with Gasteiger partial charge in [0.05, 0.1) is 5.52 Å². The van der Waals surface area contributed by atoms with Crippen molar-refractivity contribution in [2.75, 3.05) is 5.88 Å². The van der Waals surface area contributed by atoms with Crippen LogP contribution in [0.25, 0.3) is 11.0 Å². The van der Waals surface area contributed by atoms with E-state index in [2.05, 4.69) is 32.7 Å². The van der Waals surface area contributed by atoms with Gasteiger partial charge < -0.3 is 4.57 Å². The lowest BCUT2D eigenvalue weighted by Gasteiger charge is -2.28. The van der Waals surface area contributed by atoms with Crippen molar-refractivity contribution in [3.05, 3.63) is 29.6 Å².